The highest BCUT2D eigenvalue weighted by atomic mass is 127. The molecule has 1 aromatic carbocycles. The molecule has 0 saturated carbocycles. The predicted molar refractivity (Wildman–Crippen MR) is 69.5 cm³/mol. The van der Waals surface area contributed by atoms with Crippen molar-refractivity contribution in [3.05, 3.63) is 32.9 Å². The minimum atomic E-state index is -0.336. The van der Waals surface area contributed by atoms with Gasteiger partial charge in [0.2, 0.25) is 0 Å². The summed E-state index contributed by atoms with van der Waals surface area (Å²) in [6.07, 6.45) is 0.353. The summed E-state index contributed by atoms with van der Waals surface area (Å²) in [7, 11) is 0. The predicted octanol–water partition coefficient (Wildman–Crippen LogP) is 2.60. The van der Waals surface area contributed by atoms with Crippen LogP contribution in [-0.4, -0.2) is 18.4 Å². The molecule has 16 heavy (non-hydrogen) atoms. The molecule has 1 aromatic rings. The number of ether oxygens (including phenoxy) is 1. The Kier molecular flexibility index (Phi) is 4.92. The van der Waals surface area contributed by atoms with E-state index in [0.29, 0.717) is 18.6 Å². The van der Waals surface area contributed by atoms with Crippen molar-refractivity contribution in [2.45, 2.75) is 20.3 Å². The van der Waals surface area contributed by atoms with Crippen molar-refractivity contribution >= 4 is 34.3 Å². The van der Waals surface area contributed by atoms with Gasteiger partial charge in [-0.3, -0.25) is 4.79 Å². The summed E-state index contributed by atoms with van der Waals surface area (Å²) in [5.74, 6) is -0.253. The summed E-state index contributed by atoms with van der Waals surface area (Å²) in [5.41, 5.74) is 1.40. The molecule has 0 bridgehead atoms. The SMILES string of the molecule is CCOC(=O)c1cccc(CC(C)=O)c1I. The summed E-state index contributed by atoms with van der Waals surface area (Å²) in [6.45, 7) is 3.66. The van der Waals surface area contributed by atoms with Gasteiger partial charge in [-0.1, -0.05) is 12.1 Å². The molecule has 0 unspecified atom stereocenters. The summed E-state index contributed by atoms with van der Waals surface area (Å²) < 4.78 is 5.74. The Labute approximate surface area is 108 Å². The van der Waals surface area contributed by atoms with Crippen LogP contribution in [0.25, 0.3) is 0 Å². The van der Waals surface area contributed by atoms with Crippen LogP contribution in [0.4, 0.5) is 0 Å². The zero-order valence-electron chi connectivity index (χ0n) is 9.25. The molecule has 0 heterocycles. The molecular formula is C12H13IO3. The van der Waals surface area contributed by atoms with Gasteiger partial charge < -0.3 is 4.74 Å². The van der Waals surface area contributed by atoms with Crippen LogP contribution in [0.2, 0.25) is 0 Å². The topological polar surface area (TPSA) is 43.4 Å². The van der Waals surface area contributed by atoms with Gasteiger partial charge in [0.05, 0.1) is 12.2 Å². The van der Waals surface area contributed by atoms with Gasteiger partial charge in [0.1, 0.15) is 5.78 Å². The van der Waals surface area contributed by atoms with Gasteiger partial charge in [0, 0.05) is 9.99 Å². The van der Waals surface area contributed by atoms with Crippen LogP contribution in [0, 0.1) is 3.57 Å². The summed E-state index contributed by atoms with van der Waals surface area (Å²) in [6, 6.07) is 5.34. The maximum Gasteiger partial charge on any atom is 0.339 e. The average molecular weight is 332 g/mol. The van der Waals surface area contributed by atoms with E-state index in [1.807, 2.05) is 6.07 Å². The Morgan fingerprint density at radius 1 is 1.38 bits per heavy atom. The number of hydrogen-bond donors (Lipinski definition) is 0. The third-order valence-corrected chi connectivity index (χ3v) is 3.29. The highest BCUT2D eigenvalue weighted by Gasteiger charge is 2.14. The fourth-order valence-corrected chi connectivity index (χ4v) is 2.12. The second-order valence-electron chi connectivity index (χ2n) is 3.38. The summed E-state index contributed by atoms with van der Waals surface area (Å²) in [4.78, 5) is 22.6. The number of hydrogen-bond acceptors (Lipinski definition) is 3. The number of carbonyl (C=O) groups is 2. The van der Waals surface area contributed by atoms with E-state index in [4.69, 9.17) is 4.74 Å². The van der Waals surface area contributed by atoms with Crippen molar-refractivity contribution in [3.63, 3.8) is 0 Å². The van der Waals surface area contributed by atoms with Gasteiger partial charge in [-0.15, -0.1) is 0 Å². The molecule has 4 heteroatoms. The molecule has 0 atom stereocenters. The van der Waals surface area contributed by atoms with E-state index in [9.17, 15) is 9.59 Å². The highest BCUT2D eigenvalue weighted by Crippen LogP contribution is 2.19. The number of halogens is 1. The Hall–Kier alpha value is -0.910. The van der Waals surface area contributed by atoms with Gasteiger partial charge in [-0.05, 0) is 48.1 Å². The van der Waals surface area contributed by atoms with E-state index >= 15 is 0 Å². The maximum absolute atomic E-state index is 11.6. The second kappa shape index (κ2) is 5.98. The maximum atomic E-state index is 11.6. The molecule has 0 amide bonds. The first kappa shape index (κ1) is 13.2. The zero-order chi connectivity index (χ0) is 12.1. The quantitative estimate of drug-likeness (QED) is 0.629. The van der Waals surface area contributed by atoms with Crippen LogP contribution in [0.3, 0.4) is 0 Å². The largest absolute Gasteiger partial charge is 0.462 e. The fourth-order valence-electron chi connectivity index (χ4n) is 1.35. The van der Waals surface area contributed by atoms with Crippen molar-refractivity contribution in [3.8, 4) is 0 Å². The molecule has 0 saturated heterocycles. The minimum Gasteiger partial charge on any atom is -0.462 e. The average Bonchev–Trinajstić information content (AvgIpc) is 2.21. The standard InChI is InChI=1S/C12H13IO3/c1-3-16-12(15)10-6-4-5-9(11(10)13)7-8(2)14/h4-6H,3,7H2,1-2H3. The van der Waals surface area contributed by atoms with Crippen molar-refractivity contribution in [1.29, 1.82) is 0 Å². The molecule has 0 aliphatic heterocycles. The molecule has 86 valence electrons. The summed E-state index contributed by atoms with van der Waals surface area (Å²) in [5, 5.41) is 0. The van der Waals surface area contributed by atoms with E-state index in [1.165, 1.54) is 6.92 Å². The molecular weight excluding hydrogens is 319 g/mol. The molecule has 0 aliphatic carbocycles. The van der Waals surface area contributed by atoms with E-state index < -0.39 is 0 Å². The van der Waals surface area contributed by atoms with E-state index in [0.717, 1.165) is 9.13 Å². The third-order valence-electron chi connectivity index (χ3n) is 2.01. The van der Waals surface area contributed by atoms with Crippen LogP contribution < -0.4 is 0 Å². The van der Waals surface area contributed by atoms with Gasteiger partial charge in [0.25, 0.3) is 0 Å². The number of rotatable bonds is 4. The Morgan fingerprint density at radius 2 is 2.06 bits per heavy atom. The van der Waals surface area contributed by atoms with E-state index in [-0.39, 0.29) is 11.8 Å². The summed E-state index contributed by atoms with van der Waals surface area (Å²) >= 11 is 2.08. The molecule has 0 N–H and O–H groups in total. The lowest BCUT2D eigenvalue weighted by molar-refractivity contribution is -0.116. The monoisotopic (exact) mass is 332 g/mol. The minimum absolute atomic E-state index is 0.0823. The van der Waals surface area contributed by atoms with E-state index in [1.54, 1.807) is 19.1 Å². The van der Waals surface area contributed by atoms with Crippen LogP contribution in [-0.2, 0) is 16.0 Å². The number of carbonyl (C=O) groups excluding carboxylic acids is 2. The van der Waals surface area contributed by atoms with Crippen LogP contribution in [0.15, 0.2) is 18.2 Å². The number of esters is 1. The lowest BCUT2D eigenvalue weighted by Gasteiger charge is -2.07. The Bertz CT molecular complexity index is 413. The molecule has 0 radical (unpaired) electrons. The second-order valence-corrected chi connectivity index (χ2v) is 4.46. The third kappa shape index (κ3) is 3.30. The first-order valence-electron chi connectivity index (χ1n) is 5.00. The van der Waals surface area contributed by atoms with Crippen molar-refractivity contribution in [1.82, 2.24) is 0 Å². The molecule has 3 nitrogen and oxygen atoms in total. The normalized spacial score (nSPS) is 9.94. The number of Topliss-reactive ketones (excluding diaryl/α,β-unsaturated/α-hetero) is 1. The molecule has 0 spiro atoms. The van der Waals surface area contributed by atoms with E-state index in [2.05, 4.69) is 22.6 Å². The first-order chi connectivity index (χ1) is 7.56. The number of benzene rings is 1. The van der Waals surface area contributed by atoms with Gasteiger partial charge >= 0.3 is 5.97 Å². The molecule has 1 rings (SSSR count). The fraction of sp³-hybridized carbons (Fsp3) is 0.333. The smallest absolute Gasteiger partial charge is 0.339 e. The van der Waals surface area contributed by atoms with Gasteiger partial charge in [-0.2, -0.15) is 0 Å². The van der Waals surface area contributed by atoms with Crippen LogP contribution >= 0.6 is 22.6 Å². The Balaban J connectivity index is 3.03. The first-order valence-corrected chi connectivity index (χ1v) is 6.08. The van der Waals surface area contributed by atoms with Gasteiger partial charge in [-0.25, -0.2) is 4.79 Å². The molecule has 0 fully saturated rings. The lowest BCUT2D eigenvalue weighted by atomic mass is 10.1. The lowest BCUT2D eigenvalue weighted by Crippen LogP contribution is -2.09. The highest BCUT2D eigenvalue weighted by molar-refractivity contribution is 14.1. The zero-order valence-corrected chi connectivity index (χ0v) is 11.4. The van der Waals surface area contributed by atoms with Crippen molar-refractivity contribution in [2.75, 3.05) is 6.61 Å². The van der Waals surface area contributed by atoms with Crippen molar-refractivity contribution in [2.24, 2.45) is 0 Å². The van der Waals surface area contributed by atoms with Crippen LogP contribution in [0.5, 0.6) is 0 Å². The molecule has 0 aromatic heterocycles. The van der Waals surface area contributed by atoms with Gasteiger partial charge in [0.15, 0.2) is 0 Å². The van der Waals surface area contributed by atoms with Crippen LogP contribution in [0.1, 0.15) is 29.8 Å². The number of ketones is 1. The van der Waals surface area contributed by atoms with Crippen molar-refractivity contribution < 1.29 is 14.3 Å². The Morgan fingerprint density at radius 3 is 2.62 bits per heavy atom. The molecule has 0 aliphatic rings.